The second-order valence-corrected chi connectivity index (χ2v) is 7.09. The first-order valence-corrected chi connectivity index (χ1v) is 9.28. The molecular formula is C21H22FN3O2. The fraction of sp³-hybridized carbons (Fsp3) is 0.333. The standard InChI is InChI=1S/C21H22FN3O2/c22-16-8-6-15(7-9-16)17-10-12-23-19-18(17)20(26)24-21(27)25(19)13-11-14-4-2-1-3-5-14/h1-9,17-19,23H,10-13H2,(H,24,26,27). The molecule has 4 rings (SSSR count). The van der Waals surface area contributed by atoms with E-state index < -0.39 is 5.92 Å². The van der Waals surface area contributed by atoms with Crippen molar-refractivity contribution in [3.63, 3.8) is 0 Å². The molecular weight excluding hydrogens is 345 g/mol. The number of fused-ring (bicyclic) bond motifs is 1. The van der Waals surface area contributed by atoms with Crippen LogP contribution in [0.4, 0.5) is 9.18 Å². The van der Waals surface area contributed by atoms with Gasteiger partial charge in [0.2, 0.25) is 5.91 Å². The summed E-state index contributed by atoms with van der Waals surface area (Å²) in [6.45, 7) is 1.22. The highest BCUT2D eigenvalue weighted by Crippen LogP contribution is 2.36. The Kier molecular flexibility index (Phi) is 4.90. The number of hydrogen-bond acceptors (Lipinski definition) is 3. The Hall–Kier alpha value is -2.73. The summed E-state index contributed by atoms with van der Waals surface area (Å²) in [5.41, 5.74) is 2.07. The molecule has 3 unspecified atom stereocenters. The minimum Gasteiger partial charge on any atom is -0.308 e. The number of carbonyl (C=O) groups excluding carboxylic acids is 2. The lowest BCUT2D eigenvalue weighted by atomic mass is 9.77. The Morgan fingerprint density at radius 1 is 1.04 bits per heavy atom. The van der Waals surface area contributed by atoms with Gasteiger partial charge in [-0.15, -0.1) is 0 Å². The molecule has 0 aliphatic carbocycles. The number of rotatable bonds is 4. The molecule has 27 heavy (non-hydrogen) atoms. The molecule has 2 aromatic rings. The van der Waals surface area contributed by atoms with Crippen LogP contribution in [0.25, 0.3) is 0 Å². The maximum absolute atomic E-state index is 13.3. The number of piperidine rings is 1. The normalized spacial score (nSPS) is 25.1. The van der Waals surface area contributed by atoms with E-state index in [1.165, 1.54) is 12.1 Å². The Morgan fingerprint density at radius 3 is 2.52 bits per heavy atom. The maximum atomic E-state index is 13.3. The average molecular weight is 367 g/mol. The first-order valence-electron chi connectivity index (χ1n) is 9.28. The van der Waals surface area contributed by atoms with Crippen LogP contribution in [0.15, 0.2) is 54.6 Å². The van der Waals surface area contributed by atoms with Crippen molar-refractivity contribution in [2.75, 3.05) is 13.1 Å². The fourth-order valence-corrected chi connectivity index (χ4v) is 4.15. The highest BCUT2D eigenvalue weighted by molar-refractivity contribution is 5.99. The molecule has 0 saturated carbocycles. The van der Waals surface area contributed by atoms with Gasteiger partial charge in [0.05, 0.1) is 12.1 Å². The number of nitrogens with zero attached hydrogens (tertiary/aromatic N) is 1. The molecule has 5 nitrogen and oxygen atoms in total. The van der Waals surface area contributed by atoms with Gasteiger partial charge in [0.25, 0.3) is 0 Å². The van der Waals surface area contributed by atoms with E-state index in [4.69, 9.17) is 0 Å². The van der Waals surface area contributed by atoms with E-state index in [9.17, 15) is 14.0 Å². The van der Waals surface area contributed by atoms with Crippen molar-refractivity contribution < 1.29 is 14.0 Å². The van der Waals surface area contributed by atoms with Crippen LogP contribution in [-0.4, -0.2) is 36.1 Å². The van der Waals surface area contributed by atoms with Crippen LogP contribution in [0.5, 0.6) is 0 Å². The average Bonchev–Trinajstić information content (AvgIpc) is 2.68. The van der Waals surface area contributed by atoms with Crippen molar-refractivity contribution in [1.29, 1.82) is 0 Å². The molecule has 0 radical (unpaired) electrons. The van der Waals surface area contributed by atoms with E-state index in [2.05, 4.69) is 10.6 Å². The van der Waals surface area contributed by atoms with Crippen LogP contribution < -0.4 is 10.6 Å². The SMILES string of the molecule is O=C1NC(=O)N(CCc2ccccc2)C2NCCC(c3ccc(F)cc3)C12. The second-order valence-electron chi connectivity index (χ2n) is 7.09. The van der Waals surface area contributed by atoms with Crippen LogP contribution in [0.2, 0.25) is 0 Å². The Balaban J connectivity index is 1.56. The predicted octanol–water partition coefficient (Wildman–Crippen LogP) is 2.64. The molecule has 0 spiro atoms. The van der Waals surface area contributed by atoms with E-state index in [0.29, 0.717) is 19.5 Å². The number of amides is 3. The number of carbonyl (C=O) groups is 2. The molecule has 3 amide bonds. The molecule has 2 heterocycles. The lowest BCUT2D eigenvalue weighted by Crippen LogP contribution is -2.68. The van der Waals surface area contributed by atoms with Crippen molar-refractivity contribution in [3.05, 3.63) is 71.5 Å². The van der Waals surface area contributed by atoms with Gasteiger partial charge in [-0.05, 0) is 42.6 Å². The molecule has 3 atom stereocenters. The van der Waals surface area contributed by atoms with Crippen molar-refractivity contribution in [3.8, 4) is 0 Å². The van der Waals surface area contributed by atoms with E-state index in [-0.39, 0.29) is 29.8 Å². The van der Waals surface area contributed by atoms with Gasteiger partial charge in [0, 0.05) is 12.5 Å². The third kappa shape index (κ3) is 3.57. The summed E-state index contributed by atoms with van der Waals surface area (Å²) in [7, 11) is 0. The minimum atomic E-state index is -0.391. The van der Waals surface area contributed by atoms with Crippen molar-refractivity contribution in [2.24, 2.45) is 5.92 Å². The van der Waals surface area contributed by atoms with Gasteiger partial charge in [-0.3, -0.25) is 15.4 Å². The predicted molar refractivity (Wildman–Crippen MR) is 99.4 cm³/mol. The number of hydrogen-bond donors (Lipinski definition) is 2. The number of urea groups is 1. The van der Waals surface area contributed by atoms with Gasteiger partial charge in [0.15, 0.2) is 0 Å². The van der Waals surface area contributed by atoms with Gasteiger partial charge >= 0.3 is 6.03 Å². The highest BCUT2D eigenvalue weighted by atomic mass is 19.1. The molecule has 2 saturated heterocycles. The molecule has 0 bridgehead atoms. The summed E-state index contributed by atoms with van der Waals surface area (Å²) < 4.78 is 13.3. The summed E-state index contributed by atoms with van der Waals surface area (Å²) in [5.74, 6) is -0.999. The smallest absolute Gasteiger partial charge is 0.308 e. The van der Waals surface area contributed by atoms with Gasteiger partial charge < -0.3 is 4.90 Å². The van der Waals surface area contributed by atoms with E-state index in [0.717, 1.165) is 17.5 Å². The van der Waals surface area contributed by atoms with Gasteiger partial charge in [0.1, 0.15) is 5.82 Å². The third-order valence-corrected chi connectivity index (χ3v) is 5.49. The number of benzene rings is 2. The van der Waals surface area contributed by atoms with Gasteiger partial charge in [-0.25, -0.2) is 9.18 Å². The Labute approximate surface area is 157 Å². The van der Waals surface area contributed by atoms with Crippen molar-refractivity contribution >= 4 is 11.9 Å². The Bertz CT molecular complexity index is 825. The van der Waals surface area contributed by atoms with Crippen LogP contribution >= 0.6 is 0 Å². The molecule has 140 valence electrons. The summed E-state index contributed by atoms with van der Waals surface area (Å²) >= 11 is 0. The largest absolute Gasteiger partial charge is 0.325 e. The van der Waals surface area contributed by atoms with Crippen LogP contribution in [0, 0.1) is 11.7 Å². The zero-order chi connectivity index (χ0) is 18.8. The Morgan fingerprint density at radius 2 is 1.78 bits per heavy atom. The molecule has 2 aliphatic rings. The number of imide groups is 1. The van der Waals surface area contributed by atoms with Crippen molar-refractivity contribution in [1.82, 2.24) is 15.5 Å². The lowest BCUT2D eigenvalue weighted by Gasteiger charge is -2.46. The first-order chi connectivity index (χ1) is 13.1. The fourth-order valence-electron chi connectivity index (χ4n) is 4.15. The minimum absolute atomic E-state index is 0.0517. The molecule has 2 aliphatic heterocycles. The molecule has 2 aromatic carbocycles. The second kappa shape index (κ2) is 7.48. The zero-order valence-corrected chi connectivity index (χ0v) is 14.9. The molecule has 2 N–H and O–H groups in total. The van der Waals surface area contributed by atoms with Gasteiger partial charge in [-0.1, -0.05) is 42.5 Å². The zero-order valence-electron chi connectivity index (χ0n) is 14.9. The molecule has 2 fully saturated rings. The number of nitrogens with one attached hydrogen (secondary N) is 2. The highest BCUT2D eigenvalue weighted by Gasteiger charge is 2.47. The van der Waals surface area contributed by atoms with E-state index in [1.54, 1.807) is 17.0 Å². The van der Waals surface area contributed by atoms with Crippen LogP contribution in [-0.2, 0) is 11.2 Å². The summed E-state index contributed by atoms with van der Waals surface area (Å²) in [6.07, 6.45) is 1.13. The van der Waals surface area contributed by atoms with E-state index in [1.807, 2.05) is 30.3 Å². The topological polar surface area (TPSA) is 61.4 Å². The summed E-state index contributed by atoms with van der Waals surface area (Å²) in [5, 5.41) is 5.86. The summed E-state index contributed by atoms with van der Waals surface area (Å²) in [4.78, 5) is 26.8. The maximum Gasteiger partial charge on any atom is 0.325 e. The van der Waals surface area contributed by atoms with E-state index >= 15 is 0 Å². The monoisotopic (exact) mass is 367 g/mol. The quantitative estimate of drug-likeness (QED) is 0.873. The number of halogens is 1. The van der Waals surface area contributed by atoms with Crippen molar-refractivity contribution in [2.45, 2.75) is 24.9 Å². The molecule has 6 heteroatoms. The van der Waals surface area contributed by atoms with Gasteiger partial charge in [-0.2, -0.15) is 0 Å². The first kappa shape index (κ1) is 17.7. The molecule has 0 aromatic heterocycles. The lowest BCUT2D eigenvalue weighted by molar-refractivity contribution is -0.131. The van der Waals surface area contributed by atoms with Crippen LogP contribution in [0.1, 0.15) is 23.5 Å². The van der Waals surface area contributed by atoms with Crippen LogP contribution in [0.3, 0.4) is 0 Å². The third-order valence-electron chi connectivity index (χ3n) is 5.49. The summed E-state index contributed by atoms with van der Waals surface area (Å²) in [6, 6.07) is 15.9.